The number of benzene rings is 2. The molecule has 10 nitrogen and oxygen atoms in total. The highest BCUT2D eigenvalue weighted by Gasteiger charge is 2.50. The molecule has 1 saturated heterocycles. The van der Waals surface area contributed by atoms with E-state index in [-0.39, 0.29) is 13.0 Å². The predicted molar refractivity (Wildman–Crippen MR) is 169 cm³/mol. The van der Waals surface area contributed by atoms with Gasteiger partial charge in [0.15, 0.2) is 12.2 Å². The first-order chi connectivity index (χ1) is 21.2. The van der Waals surface area contributed by atoms with Gasteiger partial charge in [0.25, 0.3) is 0 Å². The number of nitrogens with zero attached hydrogens (tertiary/aromatic N) is 1. The van der Waals surface area contributed by atoms with E-state index in [1.54, 1.807) is 48.7 Å². The summed E-state index contributed by atoms with van der Waals surface area (Å²) < 4.78 is 33.8. The van der Waals surface area contributed by atoms with E-state index in [2.05, 4.69) is 0 Å². The van der Waals surface area contributed by atoms with Crippen LogP contribution in [0, 0.1) is 0 Å². The zero-order valence-electron chi connectivity index (χ0n) is 27.7. The minimum absolute atomic E-state index is 0.0221. The lowest BCUT2D eigenvalue weighted by Gasteiger charge is -2.30. The molecule has 45 heavy (non-hydrogen) atoms. The maximum Gasteiger partial charge on any atom is 0.509 e. The number of carbonyl (C=O) groups is 3. The zero-order chi connectivity index (χ0) is 33.0. The lowest BCUT2D eigenvalue weighted by molar-refractivity contribution is -0.156. The maximum absolute atomic E-state index is 13.4. The number of methoxy groups -OCH3 is 1. The van der Waals surface area contributed by atoms with Crippen LogP contribution in [0.4, 0.5) is 9.59 Å². The van der Waals surface area contributed by atoms with Crippen molar-refractivity contribution in [1.82, 2.24) is 4.90 Å². The number of amides is 1. The fraction of sp³-hybridized carbons (Fsp3) is 0.571. The molecule has 3 atom stereocenters. The average Bonchev–Trinajstić information content (AvgIpc) is 3.27. The SMILES string of the molecule is COc1ccc(C[C@@H]2[C@H](OC(=O)CCCCCOCc3ccccc3)[C@@H](OC(=O)OC(C)(C)C)CN2C(=O)OC(C)(C)C)cc1. The fourth-order valence-electron chi connectivity index (χ4n) is 4.90. The van der Waals surface area contributed by atoms with Crippen LogP contribution >= 0.6 is 0 Å². The number of hydrogen-bond donors (Lipinski definition) is 0. The first kappa shape index (κ1) is 35.7. The Kier molecular flexibility index (Phi) is 13.1. The van der Waals surface area contributed by atoms with E-state index in [4.69, 9.17) is 28.4 Å². The molecule has 0 bridgehead atoms. The third-order valence-corrected chi connectivity index (χ3v) is 6.94. The minimum atomic E-state index is -0.953. The van der Waals surface area contributed by atoms with Gasteiger partial charge in [-0.1, -0.05) is 48.9 Å². The van der Waals surface area contributed by atoms with Crippen LogP contribution in [0.15, 0.2) is 54.6 Å². The minimum Gasteiger partial charge on any atom is -0.497 e. The maximum atomic E-state index is 13.4. The molecule has 10 heteroatoms. The topological polar surface area (TPSA) is 110 Å². The molecule has 3 rings (SSSR count). The van der Waals surface area contributed by atoms with Gasteiger partial charge >= 0.3 is 18.2 Å². The van der Waals surface area contributed by atoms with Crippen molar-refractivity contribution >= 4 is 18.2 Å². The second-order valence-corrected chi connectivity index (χ2v) is 13.2. The monoisotopic (exact) mass is 627 g/mol. The Bertz CT molecular complexity index is 1220. The van der Waals surface area contributed by atoms with Gasteiger partial charge < -0.3 is 28.4 Å². The van der Waals surface area contributed by atoms with Gasteiger partial charge in [-0.05, 0) is 84.1 Å². The lowest BCUT2D eigenvalue weighted by atomic mass is 10.0. The van der Waals surface area contributed by atoms with Crippen molar-refractivity contribution in [2.24, 2.45) is 0 Å². The number of carbonyl (C=O) groups excluding carboxylic acids is 3. The van der Waals surface area contributed by atoms with E-state index >= 15 is 0 Å². The highest BCUT2D eigenvalue weighted by Crippen LogP contribution is 2.30. The van der Waals surface area contributed by atoms with Crippen molar-refractivity contribution in [1.29, 1.82) is 0 Å². The van der Waals surface area contributed by atoms with Crippen molar-refractivity contribution < 1.29 is 42.8 Å². The summed E-state index contributed by atoms with van der Waals surface area (Å²) in [4.78, 5) is 40.8. The van der Waals surface area contributed by atoms with Crippen molar-refractivity contribution in [3.63, 3.8) is 0 Å². The average molecular weight is 628 g/mol. The molecule has 1 aliphatic rings. The fourth-order valence-corrected chi connectivity index (χ4v) is 4.90. The van der Waals surface area contributed by atoms with Crippen LogP contribution in [0.2, 0.25) is 0 Å². The third-order valence-electron chi connectivity index (χ3n) is 6.94. The lowest BCUT2D eigenvalue weighted by Crippen LogP contribution is -2.45. The van der Waals surface area contributed by atoms with Crippen LogP contribution in [-0.4, -0.2) is 72.8 Å². The van der Waals surface area contributed by atoms with E-state index in [0.29, 0.717) is 31.8 Å². The van der Waals surface area contributed by atoms with Crippen LogP contribution in [0.1, 0.15) is 78.4 Å². The summed E-state index contributed by atoms with van der Waals surface area (Å²) in [7, 11) is 1.59. The van der Waals surface area contributed by atoms with Gasteiger partial charge in [-0.3, -0.25) is 9.69 Å². The summed E-state index contributed by atoms with van der Waals surface area (Å²) in [5, 5.41) is 0. The summed E-state index contributed by atoms with van der Waals surface area (Å²) in [6, 6.07) is 16.7. The number of likely N-dealkylation sites (tertiary alicyclic amines) is 1. The normalized spacial score (nSPS) is 18.3. The van der Waals surface area contributed by atoms with Gasteiger partial charge in [0.1, 0.15) is 17.0 Å². The Morgan fingerprint density at radius 2 is 1.47 bits per heavy atom. The standard InChI is InChI=1S/C35H49NO9/c1-34(2,3)44-32(38)36-23-29(42-33(39)45-35(4,5)6)31(28(36)22-25-17-19-27(40-7)20-18-25)43-30(37)16-12-9-13-21-41-24-26-14-10-8-11-15-26/h8,10-11,14-15,17-20,28-29,31H,9,12-13,16,21-24H2,1-7H3/t28-,29+,31+/m1/s1. The van der Waals surface area contributed by atoms with Crippen LogP contribution in [0.3, 0.4) is 0 Å². The van der Waals surface area contributed by atoms with E-state index in [1.165, 1.54) is 4.90 Å². The van der Waals surface area contributed by atoms with Crippen LogP contribution < -0.4 is 4.74 Å². The van der Waals surface area contributed by atoms with Crippen molar-refractivity contribution in [3.05, 3.63) is 65.7 Å². The molecule has 248 valence electrons. The summed E-state index contributed by atoms with van der Waals surface area (Å²) in [6.07, 6.45) is -0.682. The molecule has 2 aromatic carbocycles. The Balaban J connectivity index is 1.70. The number of ether oxygens (including phenoxy) is 6. The molecule has 0 aromatic heterocycles. The van der Waals surface area contributed by atoms with Crippen molar-refractivity contribution in [2.45, 2.75) is 110 Å². The van der Waals surface area contributed by atoms with Gasteiger partial charge in [-0.2, -0.15) is 0 Å². The molecule has 0 aliphatic carbocycles. The van der Waals surface area contributed by atoms with E-state index in [0.717, 1.165) is 24.0 Å². The smallest absolute Gasteiger partial charge is 0.497 e. The van der Waals surface area contributed by atoms with Crippen LogP contribution in [-0.2, 0) is 41.5 Å². The zero-order valence-corrected chi connectivity index (χ0v) is 27.7. The largest absolute Gasteiger partial charge is 0.509 e. The highest BCUT2D eigenvalue weighted by molar-refractivity contribution is 5.72. The molecule has 0 radical (unpaired) electrons. The molecule has 0 saturated carbocycles. The second-order valence-electron chi connectivity index (χ2n) is 13.2. The summed E-state index contributed by atoms with van der Waals surface area (Å²) >= 11 is 0. The van der Waals surface area contributed by atoms with Crippen molar-refractivity contribution in [2.75, 3.05) is 20.3 Å². The van der Waals surface area contributed by atoms with Gasteiger partial charge in [0.05, 0.1) is 26.3 Å². The van der Waals surface area contributed by atoms with Gasteiger partial charge in [-0.25, -0.2) is 9.59 Å². The third kappa shape index (κ3) is 12.6. The molecule has 1 fully saturated rings. The van der Waals surface area contributed by atoms with E-state index in [9.17, 15) is 14.4 Å². The molecular weight excluding hydrogens is 578 g/mol. The molecule has 1 aliphatic heterocycles. The Morgan fingerprint density at radius 3 is 2.09 bits per heavy atom. The van der Waals surface area contributed by atoms with Crippen LogP contribution in [0.5, 0.6) is 5.75 Å². The summed E-state index contributed by atoms with van der Waals surface area (Å²) in [5.41, 5.74) is 0.442. The number of rotatable bonds is 13. The Morgan fingerprint density at radius 1 is 0.800 bits per heavy atom. The van der Waals surface area contributed by atoms with Gasteiger partial charge in [-0.15, -0.1) is 0 Å². The molecular formula is C35H49NO9. The van der Waals surface area contributed by atoms with Gasteiger partial charge in [0.2, 0.25) is 0 Å². The molecule has 1 heterocycles. The van der Waals surface area contributed by atoms with Crippen molar-refractivity contribution in [3.8, 4) is 5.75 Å². The molecule has 1 amide bonds. The Labute approximate surface area is 267 Å². The van der Waals surface area contributed by atoms with Gasteiger partial charge in [0, 0.05) is 13.0 Å². The molecule has 0 N–H and O–H groups in total. The second kappa shape index (κ2) is 16.5. The molecule has 0 unspecified atom stereocenters. The Hall–Kier alpha value is -3.79. The van der Waals surface area contributed by atoms with Crippen LogP contribution in [0.25, 0.3) is 0 Å². The molecule has 0 spiro atoms. The first-order valence-corrected chi connectivity index (χ1v) is 15.6. The summed E-state index contributed by atoms with van der Waals surface area (Å²) in [6.45, 7) is 11.6. The number of esters is 1. The highest BCUT2D eigenvalue weighted by atomic mass is 16.7. The first-order valence-electron chi connectivity index (χ1n) is 15.6. The summed E-state index contributed by atoms with van der Waals surface area (Å²) in [5.74, 6) is 0.252. The molecule has 2 aromatic rings. The predicted octanol–water partition coefficient (Wildman–Crippen LogP) is 6.87. The van der Waals surface area contributed by atoms with E-state index in [1.807, 2.05) is 54.6 Å². The quantitative estimate of drug-likeness (QED) is 0.134. The number of unbranched alkanes of at least 4 members (excludes halogenated alkanes) is 2. The van der Waals surface area contributed by atoms with E-state index < -0.39 is 47.7 Å². The number of hydrogen-bond acceptors (Lipinski definition) is 9.